The van der Waals surface area contributed by atoms with Crippen molar-refractivity contribution in [2.75, 3.05) is 0 Å². The van der Waals surface area contributed by atoms with Gasteiger partial charge in [-0.3, -0.25) is 4.79 Å². The fourth-order valence-corrected chi connectivity index (χ4v) is 1.52. The third-order valence-electron chi connectivity index (χ3n) is 2.29. The summed E-state index contributed by atoms with van der Waals surface area (Å²) < 4.78 is 5.17. The summed E-state index contributed by atoms with van der Waals surface area (Å²) in [7, 11) is 0. The lowest BCUT2D eigenvalue weighted by Gasteiger charge is -1.94. The number of benzene rings is 1. The maximum Gasteiger partial charge on any atom is 0.275 e. The number of carbonyl (C=O) groups is 1. The van der Waals surface area contributed by atoms with E-state index in [1.165, 1.54) is 12.7 Å². The van der Waals surface area contributed by atoms with Crippen LogP contribution in [0.15, 0.2) is 39.7 Å². The van der Waals surface area contributed by atoms with Gasteiger partial charge in [0.15, 0.2) is 12.0 Å². The smallest absolute Gasteiger partial charge is 0.275 e. The van der Waals surface area contributed by atoms with E-state index >= 15 is 0 Å². The standard InChI is InChI=1S/C11H7N3O2/c15-11-9(12-5-13-11)3-7-1-2-8-10(4-7)16-6-14-8/h1-6H,(H,12,13,15)/b9-3-. The zero-order valence-corrected chi connectivity index (χ0v) is 8.18. The largest absolute Gasteiger partial charge is 0.443 e. The Labute approximate surface area is 90.5 Å². The molecular formula is C11H7N3O2. The molecule has 1 aliphatic heterocycles. The second kappa shape index (κ2) is 3.30. The van der Waals surface area contributed by atoms with Crippen LogP contribution in [0.5, 0.6) is 0 Å². The molecule has 16 heavy (non-hydrogen) atoms. The van der Waals surface area contributed by atoms with E-state index in [9.17, 15) is 4.79 Å². The second-order valence-corrected chi connectivity index (χ2v) is 3.34. The van der Waals surface area contributed by atoms with Gasteiger partial charge in [-0.25, -0.2) is 9.98 Å². The van der Waals surface area contributed by atoms with Crippen LogP contribution in [0, 0.1) is 0 Å². The van der Waals surface area contributed by atoms with Crippen LogP contribution in [0.1, 0.15) is 5.56 Å². The number of carbonyl (C=O) groups excluding carboxylic acids is 1. The lowest BCUT2D eigenvalue weighted by Crippen LogP contribution is -2.14. The topological polar surface area (TPSA) is 67.5 Å². The highest BCUT2D eigenvalue weighted by Crippen LogP contribution is 2.17. The Morgan fingerprint density at radius 1 is 1.38 bits per heavy atom. The maximum absolute atomic E-state index is 11.3. The van der Waals surface area contributed by atoms with E-state index in [1.54, 1.807) is 6.08 Å². The molecule has 0 saturated carbocycles. The zero-order valence-electron chi connectivity index (χ0n) is 8.18. The molecule has 1 aromatic carbocycles. The van der Waals surface area contributed by atoms with Crippen LogP contribution in [0.2, 0.25) is 0 Å². The predicted octanol–water partition coefficient (Wildman–Crippen LogP) is 1.33. The average molecular weight is 213 g/mol. The van der Waals surface area contributed by atoms with Crippen LogP contribution in [0.25, 0.3) is 17.2 Å². The Bertz CT molecular complexity index is 625. The molecule has 1 aromatic heterocycles. The highest BCUT2D eigenvalue weighted by molar-refractivity contribution is 6.08. The third-order valence-corrected chi connectivity index (χ3v) is 2.29. The molecule has 2 aromatic rings. The highest BCUT2D eigenvalue weighted by Gasteiger charge is 2.11. The van der Waals surface area contributed by atoms with Crippen LogP contribution < -0.4 is 5.32 Å². The Hall–Kier alpha value is -2.43. The quantitative estimate of drug-likeness (QED) is 0.726. The number of rotatable bonds is 1. The van der Waals surface area contributed by atoms with E-state index in [0.29, 0.717) is 11.3 Å². The monoisotopic (exact) mass is 213 g/mol. The lowest BCUT2D eigenvalue weighted by molar-refractivity contribution is -0.115. The van der Waals surface area contributed by atoms with Gasteiger partial charge < -0.3 is 9.73 Å². The summed E-state index contributed by atoms with van der Waals surface area (Å²) in [5.41, 5.74) is 2.73. The molecule has 0 aliphatic carbocycles. The summed E-state index contributed by atoms with van der Waals surface area (Å²) >= 11 is 0. The molecule has 0 spiro atoms. The van der Waals surface area contributed by atoms with E-state index in [0.717, 1.165) is 11.1 Å². The fraction of sp³-hybridized carbons (Fsp3) is 0. The highest BCUT2D eigenvalue weighted by atomic mass is 16.3. The zero-order chi connectivity index (χ0) is 11.0. The normalized spacial score (nSPS) is 17.2. The van der Waals surface area contributed by atoms with Crippen molar-refractivity contribution in [3.63, 3.8) is 0 Å². The average Bonchev–Trinajstić information content (AvgIpc) is 2.88. The van der Waals surface area contributed by atoms with Crippen molar-refractivity contribution >= 4 is 29.4 Å². The minimum atomic E-state index is -0.197. The van der Waals surface area contributed by atoms with Gasteiger partial charge in [0.05, 0.1) is 6.34 Å². The van der Waals surface area contributed by atoms with Crippen molar-refractivity contribution in [3.8, 4) is 0 Å². The van der Waals surface area contributed by atoms with Crippen molar-refractivity contribution in [3.05, 3.63) is 35.9 Å². The van der Waals surface area contributed by atoms with Crippen molar-refractivity contribution in [1.29, 1.82) is 0 Å². The summed E-state index contributed by atoms with van der Waals surface area (Å²) in [5, 5.41) is 2.49. The molecule has 2 heterocycles. The van der Waals surface area contributed by atoms with Gasteiger partial charge in [0.1, 0.15) is 11.2 Å². The molecule has 0 radical (unpaired) electrons. The van der Waals surface area contributed by atoms with Crippen molar-refractivity contribution in [1.82, 2.24) is 10.3 Å². The Balaban J connectivity index is 2.06. The molecule has 0 bridgehead atoms. The molecule has 1 amide bonds. The molecule has 0 saturated heterocycles. The number of oxazole rings is 1. The Morgan fingerprint density at radius 3 is 3.12 bits per heavy atom. The number of hydrogen-bond donors (Lipinski definition) is 1. The summed E-state index contributed by atoms with van der Waals surface area (Å²) in [6.07, 6.45) is 4.46. The first-order valence-electron chi connectivity index (χ1n) is 4.71. The maximum atomic E-state index is 11.3. The molecule has 3 rings (SSSR count). The number of fused-ring (bicyclic) bond motifs is 1. The van der Waals surface area contributed by atoms with Gasteiger partial charge in [-0.1, -0.05) is 6.07 Å². The van der Waals surface area contributed by atoms with Crippen molar-refractivity contribution < 1.29 is 9.21 Å². The van der Waals surface area contributed by atoms with E-state index in [4.69, 9.17) is 4.42 Å². The molecular weight excluding hydrogens is 206 g/mol. The van der Waals surface area contributed by atoms with Crippen LogP contribution in [-0.2, 0) is 4.79 Å². The SMILES string of the molecule is O=C1NC=N/C1=C\c1ccc2ncoc2c1. The van der Waals surface area contributed by atoms with Crippen molar-refractivity contribution in [2.45, 2.75) is 0 Å². The first kappa shape index (κ1) is 8.84. The van der Waals surface area contributed by atoms with Gasteiger partial charge in [-0.2, -0.15) is 0 Å². The number of nitrogens with zero attached hydrogens (tertiary/aromatic N) is 2. The van der Waals surface area contributed by atoms with Crippen molar-refractivity contribution in [2.24, 2.45) is 4.99 Å². The summed E-state index contributed by atoms with van der Waals surface area (Å²) in [6, 6.07) is 5.51. The first-order valence-corrected chi connectivity index (χ1v) is 4.71. The summed E-state index contributed by atoms with van der Waals surface area (Å²) in [4.78, 5) is 19.2. The van der Waals surface area contributed by atoms with Crippen LogP contribution >= 0.6 is 0 Å². The molecule has 1 aliphatic rings. The first-order chi connectivity index (χ1) is 7.83. The second-order valence-electron chi connectivity index (χ2n) is 3.34. The van der Waals surface area contributed by atoms with Gasteiger partial charge in [-0.15, -0.1) is 0 Å². The lowest BCUT2D eigenvalue weighted by atomic mass is 10.2. The van der Waals surface area contributed by atoms with Crippen LogP contribution in [-0.4, -0.2) is 17.2 Å². The predicted molar refractivity (Wildman–Crippen MR) is 58.6 cm³/mol. The van der Waals surface area contributed by atoms with Gasteiger partial charge in [0.25, 0.3) is 5.91 Å². The van der Waals surface area contributed by atoms with E-state index in [1.807, 2.05) is 18.2 Å². The van der Waals surface area contributed by atoms with Gasteiger partial charge in [-0.05, 0) is 23.8 Å². The number of nitrogens with one attached hydrogen (secondary N) is 1. The molecule has 0 atom stereocenters. The minimum absolute atomic E-state index is 0.197. The number of aliphatic imine (C=N–C) groups is 1. The molecule has 5 heteroatoms. The summed E-state index contributed by atoms with van der Waals surface area (Å²) in [5.74, 6) is -0.197. The van der Waals surface area contributed by atoms with E-state index < -0.39 is 0 Å². The molecule has 5 nitrogen and oxygen atoms in total. The van der Waals surface area contributed by atoms with E-state index in [-0.39, 0.29) is 5.91 Å². The molecule has 1 N–H and O–H groups in total. The Morgan fingerprint density at radius 2 is 2.31 bits per heavy atom. The minimum Gasteiger partial charge on any atom is -0.443 e. The molecule has 0 unspecified atom stereocenters. The molecule has 0 fully saturated rings. The number of hydrogen-bond acceptors (Lipinski definition) is 4. The summed E-state index contributed by atoms with van der Waals surface area (Å²) in [6.45, 7) is 0. The van der Waals surface area contributed by atoms with Gasteiger partial charge in [0, 0.05) is 0 Å². The van der Waals surface area contributed by atoms with Crippen LogP contribution in [0.3, 0.4) is 0 Å². The molecule has 78 valence electrons. The Kier molecular flexibility index (Phi) is 1.83. The van der Waals surface area contributed by atoms with Gasteiger partial charge >= 0.3 is 0 Å². The fourth-order valence-electron chi connectivity index (χ4n) is 1.52. The van der Waals surface area contributed by atoms with E-state index in [2.05, 4.69) is 15.3 Å². The van der Waals surface area contributed by atoms with Gasteiger partial charge in [0.2, 0.25) is 0 Å². The number of amides is 1. The van der Waals surface area contributed by atoms with Crippen LogP contribution in [0.4, 0.5) is 0 Å². The third kappa shape index (κ3) is 1.38. The number of aromatic nitrogens is 1.